The summed E-state index contributed by atoms with van der Waals surface area (Å²) >= 11 is 0. The van der Waals surface area contributed by atoms with Crippen LogP contribution in [0.5, 0.6) is 28.7 Å². The molecular formula is C27H24O7. The summed E-state index contributed by atoms with van der Waals surface area (Å²) in [6.07, 6.45) is 1.72. The summed E-state index contributed by atoms with van der Waals surface area (Å²) in [7, 11) is 4.41. The fourth-order valence-electron chi connectivity index (χ4n) is 3.79. The van der Waals surface area contributed by atoms with E-state index in [1.807, 2.05) is 31.2 Å². The molecule has 4 rings (SSSR count). The molecule has 0 spiro atoms. The number of aryl methyl sites for hydroxylation is 2. The first kappa shape index (κ1) is 22.9. The summed E-state index contributed by atoms with van der Waals surface area (Å²) in [6.45, 7) is 3.73. The number of ketones is 1. The minimum atomic E-state index is -0.626. The summed E-state index contributed by atoms with van der Waals surface area (Å²) in [6, 6.07) is 13.9. The number of fused-ring (bicyclic) bond motifs is 1. The van der Waals surface area contributed by atoms with E-state index in [2.05, 4.69) is 0 Å². The average Bonchev–Trinajstić information content (AvgIpc) is 3.14. The Morgan fingerprint density at radius 2 is 1.56 bits per heavy atom. The first-order valence-corrected chi connectivity index (χ1v) is 10.5. The van der Waals surface area contributed by atoms with Crippen LogP contribution in [-0.4, -0.2) is 33.1 Å². The van der Waals surface area contributed by atoms with Gasteiger partial charge in [0.1, 0.15) is 11.5 Å². The second-order valence-corrected chi connectivity index (χ2v) is 7.71. The Bertz CT molecular complexity index is 1300. The van der Waals surface area contributed by atoms with E-state index in [-0.39, 0.29) is 22.9 Å². The van der Waals surface area contributed by atoms with Crippen LogP contribution in [0.3, 0.4) is 0 Å². The second kappa shape index (κ2) is 9.31. The van der Waals surface area contributed by atoms with Crippen molar-refractivity contribution in [3.8, 4) is 28.7 Å². The first-order chi connectivity index (χ1) is 16.4. The van der Waals surface area contributed by atoms with Crippen molar-refractivity contribution in [2.24, 2.45) is 0 Å². The Balaban J connectivity index is 1.62. The van der Waals surface area contributed by atoms with Gasteiger partial charge in [0.15, 0.2) is 17.3 Å². The topological polar surface area (TPSA) is 80.3 Å². The minimum Gasteiger partial charge on any atom is -0.493 e. The molecule has 0 saturated carbocycles. The van der Waals surface area contributed by atoms with Crippen molar-refractivity contribution in [2.45, 2.75) is 13.8 Å². The molecule has 0 unspecified atom stereocenters. The maximum absolute atomic E-state index is 12.9. The molecule has 1 heterocycles. The number of carbonyl (C=O) groups excluding carboxylic acids is 2. The van der Waals surface area contributed by atoms with Crippen molar-refractivity contribution in [1.82, 2.24) is 0 Å². The normalized spacial score (nSPS) is 13.3. The number of carbonyl (C=O) groups is 2. The molecule has 1 aliphatic heterocycles. The molecule has 0 atom stereocenters. The molecule has 0 aromatic heterocycles. The van der Waals surface area contributed by atoms with Gasteiger partial charge in [-0.1, -0.05) is 24.3 Å². The zero-order valence-electron chi connectivity index (χ0n) is 19.6. The first-order valence-electron chi connectivity index (χ1n) is 10.5. The van der Waals surface area contributed by atoms with Gasteiger partial charge in [0.05, 0.1) is 32.5 Å². The highest BCUT2D eigenvalue weighted by atomic mass is 16.5. The largest absolute Gasteiger partial charge is 0.493 e. The lowest BCUT2D eigenvalue weighted by atomic mass is 10.0. The monoisotopic (exact) mass is 460 g/mol. The molecule has 3 aromatic carbocycles. The van der Waals surface area contributed by atoms with Crippen molar-refractivity contribution in [3.05, 3.63) is 82.1 Å². The van der Waals surface area contributed by atoms with Crippen LogP contribution in [0.4, 0.5) is 0 Å². The van der Waals surface area contributed by atoms with Gasteiger partial charge >= 0.3 is 5.97 Å². The van der Waals surface area contributed by atoms with Gasteiger partial charge in [-0.3, -0.25) is 4.79 Å². The smallest absolute Gasteiger partial charge is 0.343 e. The van der Waals surface area contributed by atoms with Crippen molar-refractivity contribution in [2.75, 3.05) is 21.3 Å². The third-order valence-electron chi connectivity index (χ3n) is 5.53. The number of Topliss-reactive ketones (excluding diaryl/α,β-unsaturated/α-hetero) is 1. The zero-order valence-corrected chi connectivity index (χ0v) is 19.6. The molecule has 0 radical (unpaired) electrons. The van der Waals surface area contributed by atoms with Crippen molar-refractivity contribution in [1.29, 1.82) is 0 Å². The maximum atomic E-state index is 12.9. The Morgan fingerprint density at radius 1 is 0.882 bits per heavy atom. The predicted molar refractivity (Wildman–Crippen MR) is 126 cm³/mol. The van der Waals surface area contributed by atoms with Crippen LogP contribution in [-0.2, 0) is 0 Å². The van der Waals surface area contributed by atoms with Crippen LogP contribution in [0.25, 0.3) is 6.08 Å². The number of hydrogen-bond acceptors (Lipinski definition) is 7. The third kappa shape index (κ3) is 4.20. The van der Waals surface area contributed by atoms with Gasteiger partial charge in [-0.25, -0.2) is 4.79 Å². The van der Waals surface area contributed by atoms with E-state index in [4.69, 9.17) is 23.7 Å². The summed E-state index contributed by atoms with van der Waals surface area (Å²) in [5, 5.41) is 0. The van der Waals surface area contributed by atoms with Gasteiger partial charge in [-0.15, -0.1) is 0 Å². The molecule has 34 heavy (non-hydrogen) atoms. The number of esters is 1. The number of rotatable bonds is 6. The molecule has 1 aliphatic rings. The summed E-state index contributed by atoms with van der Waals surface area (Å²) in [5.74, 6) is 1.02. The van der Waals surface area contributed by atoms with E-state index >= 15 is 0 Å². The maximum Gasteiger partial charge on any atom is 0.343 e. The highest BCUT2D eigenvalue weighted by Gasteiger charge is 2.30. The molecule has 7 nitrogen and oxygen atoms in total. The van der Waals surface area contributed by atoms with Gasteiger partial charge < -0.3 is 23.7 Å². The van der Waals surface area contributed by atoms with Crippen molar-refractivity contribution >= 4 is 17.8 Å². The Labute approximate surface area is 197 Å². The minimum absolute atomic E-state index is 0.210. The lowest BCUT2D eigenvalue weighted by molar-refractivity contribution is 0.0733. The standard InChI is InChI=1S/C27H24O7/c1-15-8-6-7-9-17(15)11-21-25(28)24-16(2)10-19(14-20(24)34-21)33-27(29)18-12-22(30-3)26(32-5)23(13-18)31-4/h6-14H,1-5H3/b21-11-. The Morgan fingerprint density at radius 3 is 2.18 bits per heavy atom. The fourth-order valence-corrected chi connectivity index (χ4v) is 3.79. The van der Waals surface area contributed by atoms with Crippen LogP contribution in [0.2, 0.25) is 0 Å². The van der Waals surface area contributed by atoms with Crippen LogP contribution in [0.1, 0.15) is 37.4 Å². The molecule has 0 aliphatic carbocycles. The predicted octanol–water partition coefficient (Wildman–Crippen LogP) is 5.16. The summed E-state index contributed by atoms with van der Waals surface area (Å²) < 4.78 is 27.3. The molecule has 0 N–H and O–H groups in total. The number of methoxy groups -OCH3 is 3. The van der Waals surface area contributed by atoms with Gasteiger partial charge in [-0.05, 0) is 54.8 Å². The van der Waals surface area contributed by atoms with Crippen LogP contribution in [0.15, 0.2) is 54.3 Å². The lowest BCUT2D eigenvalue weighted by Gasteiger charge is -2.14. The van der Waals surface area contributed by atoms with Gasteiger partial charge in [-0.2, -0.15) is 0 Å². The SMILES string of the molecule is COc1cc(C(=O)Oc2cc(C)c3c(c2)O/C(=C\c2ccccc2C)C3=O)cc(OC)c1OC. The highest BCUT2D eigenvalue weighted by molar-refractivity contribution is 6.15. The van der Waals surface area contributed by atoms with Crippen LogP contribution in [0, 0.1) is 13.8 Å². The molecule has 0 saturated heterocycles. The van der Waals surface area contributed by atoms with Gasteiger partial charge in [0.2, 0.25) is 11.5 Å². The Kier molecular flexibility index (Phi) is 6.27. The van der Waals surface area contributed by atoms with E-state index in [1.165, 1.54) is 39.5 Å². The van der Waals surface area contributed by atoms with Crippen molar-refractivity contribution in [3.63, 3.8) is 0 Å². The van der Waals surface area contributed by atoms with Crippen molar-refractivity contribution < 1.29 is 33.3 Å². The number of allylic oxidation sites excluding steroid dienone is 1. The third-order valence-corrected chi connectivity index (χ3v) is 5.53. The van der Waals surface area contributed by atoms with Crippen LogP contribution >= 0.6 is 0 Å². The van der Waals surface area contributed by atoms with E-state index in [1.54, 1.807) is 19.1 Å². The van der Waals surface area contributed by atoms with Gasteiger partial charge in [0, 0.05) is 6.07 Å². The number of ether oxygens (including phenoxy) is 5. The molecule has 0 fully saturated rings. The van der Waals surface area contributed by atoms with E-state index in [0.717, 1.165) is 11.1 Å². The highest BCUT2D eigenvalue weighted by Crippen LogP contribution is 2.40. The van der Waals surface area contributed by atoms with E-state index in [0.29, 0.717) is 34.1 Å². The molecular weight excluding hydrogens is 436 g/mol. The molecule has 7 heteroatoms. The second-order valence-electron chi connectivity index (χ2n) is 7.71. The molecule has 0 bridgehead atoms. The van der Waals surface area contributed by atoms with Gasteiger partial charge in [0.25, 0.3) is 0 Å². The molecule has 0 amide bonds. The summed E-state index contributed by atoms with van der Waals surface area (Å²) in [5.41, 5.74) is 3.23. The zero-order chi connectivity index (χ0) is 24.4. The number of benzene rings is 3. The molecule has 174 valence electrons. The molecule has 3 aromatic rings. The van der Waals surface area contributed by atoms with Crippen LogP contribution < -0.4 is 23.7 Å². The quantitative estimate of drug-likeness (QED) is 0.285. The fraction of sp³-hybridized carbons (Fsp3) is 0.185. The van der Waals surface area contributed by atoms with E-state index in [9.17, 15) is 9.59 Å². The summed E-state index contributed by atoms with van der Waals surface area (Å²) in [4.78, 5) is 25.8. The number of hydrogen-bond donors (Lipinski definition) is 0. The van der Waals surface area contributed by atoms with E-state index < -0.39 is 5.97 Å². The lowest BCUT2D eigenvalue weighted by Crippen LogP contribution is -2.10. The Hall–Kier alpha value is -4.26. The average molecular weight is 460 g/mol.